The average Bonchev–Trinajstić information content (AvgIpc) is 3.47. The molecule has 1 aliphatic rings. The number of aliphatic hydroxyl groups is 1. The van der Waals surface area contributed by atoms with Crippen LogP contribution in [0.25, 0.3) is 16.0 Å². The van der Waals surface area contributed by atoms with Crippen molar-refractivity contribution < 1.29 is 24.2 Å². The molecule has 1 saturated heterocycles. The minimum atomic E-state index is -0.840. The van der Waals surface area contributed by atoms with Gasteiger partial charge in [0.15, 0.2) is 5.13 Å². The Morgan fingerprint density at radius 3 is 2.53 bits per heavy atom. The molecule has 7 nitrogen and oxygen atoms in total. The van der Waals surface area contributed by atoms with Crippen LogP contribution in [0.1, 0.15) is 43.9 Å². The fourth-order valence-corrected chi connectivity index (χ4v) is 5.48. The third kappa shape index (κ3) is 4.87. The van der Waals surface area contributed by atoms with Gasteiger partial charge in [-0.2, -0.15) is 0 Å². The molecule has 1 N–H and O–H groups in total. The summed E-state index contributed by atoms with van der Waals surface area (Å²) in [5.74, 6) is -0.453. The van der Waals surface area contributed by atoms with Crippen molar-refractivity contribution >= 4 is 44.1 Å². The van der Waals surface area contributed by atoms with Crippen molar-refractivity contribution in [3.05, 3.63) is 89.5 Å². The van der Waals surface area contributed by atoms with Crippen LogP contribution in [0, 0.1) is 0 Å². The lowest BCUT2D eigenvalue weighted by Crippen LogP contribution is -2.29. The fourth-order valence-electron chi connectivity index (χ4n) is 4.46. The number of hydrogen-bond donors (Lipinski definition) is 1. The molecular weight excluding hydrogens is 500 g/mol. The third-order valence-electron chi connectivity index (χ3n) is 6.30. The molecule has 1 fully saturated rings. The minimum Gasteiger partial charge on any atom is -0.507 e. The maximum absolute atomic E-state index is 13.5. The van der Waals surface area contributed by atoms with Crippen molar-refractivity contribution in [2.75, 3.05) is 18.1 Å². The summed E-state index contributed by atoms with van der Waals surface area (Å²) >= 11 is 1.30. The molecule has 0 bridgehead atoms. The molecular formula is C30H28N2O5S. The molecule has 194 valence electrons. The number of carbonyl (C=O) groups excluding carboxylic acids is 2. The standard InChI is InChI=1S/C30H28N2O5S/c1-3-5-16-37-21-13-9-12-20(17-21)27(33)25-26(19-10-7-6-8-11-19)32(29(35)28(25)34)30-31-23-15-14-22(36-4-2)18-24(23)38-30/h6-15,17-18,26,33H,3-5,16H2,1-2H3. The number of ether oxygens (including phenoxy) is 2. The van der Waals surface area contributed by atoms with Crippen molar-refractivity contribution in [1.82, 2.24) is 4.98 Å². The first-order chi connectivity index (χ1) is 18.5. The van der Waals surface area contributed by atoms with Gasteiger partial charge in [-0.15, -0.1) is 0 Å². The number of ketones is 1. The number of fused-ring (bicyclic) bond motifs is 1. The maximum atomic E-state index is 13.5. The summed E-state index contributed by atoms with van der Waals surface area (Å²) in [6, 6.07) is 20.8. The van der Waals surface area contributed by atoms with E-state index in [1.807, 2.05) is 55.5 Å². The Morgan fingerprint density at radius 2 is 1.76 bits per heavy atom. The van der Waals surface area contributed by atoms with Crippen LogP contribution >= 0.6 is 11.3 Å². The average molecular weight is 529 g/mol. The lowest BCUT2D eigenvalue weighted by atomic mass is 9.95. The van der Waals surface area contributed by atoms with Gasteiger partial charge in [-0.1, -0.05) is 67.1 Å². The van der Waals surface area contributed by atoms with E-state index in [-0.39, 0.29) is 11.3 Å². The number of amides is 1. The molecule has 4 aromatic rings. The van der Waals surface area contributed by atoms with Gasteiger partial charge in [0.1, 0.15) is 17.3 Å². The van der Waals surface area contributed by atoms with E-state index in [0.717, 1.165) is 17.5 Å². The lowest BCUT2D eigenvalue weighted by molar-refractivity contribution is -0.132. The number of thiazole rings is 1. The number of benzene rings is 3. The highest BCUT2D eigenvalue weighted by atomic mass is 32.1. The first-order valence-corrected chi connectivity index (χ1v) is 13.5. The maximum Gasteiger partial charge on any atom is 0.301 e. The zero-order valence-electron chi connectivity index (χ0n) is 21.2. The van der Waals surface area contributed by atoms with Crippen LogP contribution in [-0.2, 0) is 9.59 Å². The topological polar surface area (TPSA) is 89.0 Å². The fraction of sp³-hybridized carbons (Fsp3) is 0.233. The Kier molecular flexibility index (Phi) is 7.42. The monoisotopic (exact) mass is 528 g/mol. The summed E-state index contributed by atoms with van der Waals surface area (Å²) in [4.78, 5) is 33.0. The van der Waals surface area contributed by atoms with Crippen LogP contribution in [0.3, 0.4) is 0 Å². The molecule has 1 aliphatic heterocycles. The van der Waals surface area contributed by atoms with Gasteiger partial charge in [0.05, 0.1) is 35.0 Å². The second-order valence-corrected chi connectivity index (χ2v) is 9.88. The highest BCUT2D eigenvalue weighted by molar-refractivity contribution is 7.22. The predicted octanol–water partition coefficient (Wildman–Crippen LogP) is 6.50. The smallest absolute Gasteiger partial charge is 0.301 e. The molecule has 5 rings (SSSR count). The summed E-state index contributed by atoms with van der Waals surface area (Å²) in [6.45, 7) is 5.08. The van der Waals surface area contributed by atoms with Crippen LogP contribution in [0.2, 0.25) is 0 Å². The summed E-state index contributed by atoms with van der Waals surface area (Å²) in [5, 5.41) is 11.8. The number of Topliss-reactive ketones (excluding diaryl/α,β-unsaturated/α-hetero) is 1. The first-order valence-electron chi connectivity index (χ1n) is 12.6. The summed E-state index contributed by atoms with van der Waals surface area (Å²) in [7, 11) is 0. The van der Waals surface area contributed by atoms with Gasteiger partial charge in [0.25, 0.3) is 5.78 Å². The van der Waals surface area contributed by atoms with Gasteiger partial charge in [0.2, 0.25) is 0 Å². The Labute approximate surface area is 225 Å². The van der Waals surface area contributed by atoms with Crippen LogP contribution in [0.15, 0.2) is 78.4 Å². The normalized spacial score (nSPS) is 16.8. The molecule has 1 aromatic heterocycles. The van der Waals surface area contributed by atoms with Crippen molar-refractivity contribution in [2.45, 2.75) is 32.7 Å². The van der Waals surface area contributed by atoms with Crippen LogP contribution < -0.4 is 14.4 Å². The van der Waals surface area contributed by atoms with Crippen molar-refractivity contribution in [1.29, 1.82) is 0 Å². The summed E-state index contributed by atoms with van der Waals surface area (Å²) in [6.07, 6.45) is 1.91. The van der Waals surface area contributed by atoms with E-state index >= 15 is 0 Å². The van der Waals surface area contributed by atoms with Crippen LogP contribution in [0.5, 0.6) is 11.5 Å². The zero-order valence-corrected chi connectivity index (χ0v) is 22.0. The summed E-state index contributed by atoms with van der Waals surface area (Å²) < 4.78 is 12.2. The molecule has 38 heavy (non-hydrogen) atoms. The zero-order chi connectivity index (χ0) is 26.6. The number of carbonyl (C=O) groups is 2. The van der Waals surface area contributed by atoms with E-state index in [1.54, 1.807) is 24.3 Å². The largest absolute Gasteiger partial charge is 0.507 e. The number of rotatable bonds is 9. The van der Waals surface area contributed by atoms with Crippen LogP contribution in [0.4, 0.5) is 5.13 Å². The van der Waals surface area contributed by atoms with E-state index in [1.165, 1.54) is 16.2 Å². The van der Waals surface area contributed by atoms with Gasteiger partial charge < -0.3 is 14.6 Å². The predicted molar refractivity (Wildman–Crippen MR) is 149 cm³/mol. The highest BCUT2D eigenvalue weighted by Gasteiger charge is 2.48. The Bertz CT molecular complexity index is 1510. The van der Waals surface area contributed by atoms with Gasteiger partial charge in [-0.25, -0.2) is 4.98 Å². The number of aliphatic hydroxyl groups excluding tert-OH is 1. The van der Waals surface area contributed by atoms with Crippen LogP contribution in [-0.4, -0.2) is 35.0 Å². The summed E-state index contributed by atoms with van der Waals surface area (Å²) in [5.41, 5.74) is 1.81. The number of unbranched alkanes of at least 4 members (excludes halogenated alkanes) is 1. The number of hydrogen-bond acceptors (Lipinski definition) is 7. The van der Waals surface area contributed by atoms with Gasteiger partial charge in [0, 0.05) is 5.56 Å². The Balaban J connectivity index is 1.61. The third-order valence-corrected chi connectivity index (χ3v) is 7.32. The SMILES string of the molecule is CCCCOc1cccc(C(O)=C2C(=O)C(=O)N(c3nc4ccc(OCC)cc4s3)C2c2ccccc2)c1. The number of anilines is 1. The highest BCUT2D eigenvalue weighted by Crippen LogP contribution is 2.44. The molecule has 1 amide bonds. The van der Waals surface area contributed by atoms with E-state index in [2.05, 4.69) is 11.9 Å². The second kappa shape index (κ2) is 11.1. The van der Waals surface area contributed by atoms with Gasteiger partial charge in [-0.3, -0.25) is 14.5 Å². The molecule has 1 unspecified atom stereocenters. The molecule has 1 atom stereocenters. The molecule has 0 radical (unpaired) electrons. The Hall–Kier alpha value is -4.17. The van der Waals surface area contributed by atoms with E-state index in [0.29, 0.717) is 46.5 Å². The lowest BCUT2D eigenvalue weighted by Gasteiger charge is -2.23. The molecule has 2 heterocycles. The minimum absolute atomic E-state index is 0.0150. The molecule has 0 aliphatic carbocycles. The molecule has 3 aromatic carbocycles. The van der Waals surface area contributed by atoms with Gasteiger partial charge in [-0.05, 0) is 49.2 Å². The Morgan fingerprint density at radius 1 is 0.974 bits per heavy atom. The molecule has 0 spiro atoms. The second-order valence-electron chi connectivity index (χ2n) is 8.87. The first kappa shape index (κ1) is 25.5. The van der Waals surface area contributed by atoms with Crippen molar-refractivity contribution in [3.8, 4) is 11.5 Å². The number of nitrogens with zero attached hydrogens (tertiary/aromatic N) is 2. The van der Waals surface area contributed by atoms with Gasteiger partial charge >= 0.3 is 5.91 Å². The van der Waals surface area contributed by atoms with Crippen molar-refractivity contribution in [3.63, 3.8) is 0 Å². The van der Waals surface area contributed by atoms with E-state index in [4.69, 9.17) is 9.47 Å². The number of aromatic nitrogens is 1. The quantitative estimate of drug-likeness (QED) is 0.115. The molecule has 8 heteroatoms. The molecule has 0 saturated carbocycles. The van der Waals surface area contributed by atoms with E-state index in [9.17, 15) is 14.7 Å². The van der Waals surface area contributed by atoms with Crippen molar-refractivity contribution in [2.24, 2.45) is 0 Å². The van der Waals surface area contributed by atoms with E-state index < -0.39 is 17.7 Å².